The average molecular weight is 287 g/mol. The fourth-order valence-corrected chi connectivity index (χ4v) is 2.47. The Balaban J connectivity index is 2.21. The molecule has 0 fully saturated rings. The van der Waals surface area contributed by atoms with Gasteiger partial charge < -0.3 is 5.32 Å². The van der Waals surface area contributed by atoms with Gasteiger partial charge in [-0.25, -0.2) is 13.2 Å². The standard InChI is InChI=1S/C12H12F3N3S/c1-16-6-2-3-9-17-18-12(19-9)7-4-5-8(13)11(15)10(7)14/h4-5,16H,2-3,6H2,1H3. The Morgan fingerprint density at radius 1 is 1.16 bits per heavy atom. The maximum absolute atomic E-state index is 13.6. The lowest BCUT2D eigenvalue weighted by Crippen LogP contribution is -2.08. The van der Waals surface area contributed by atoms with Crippen LogP contribution in [0, 0.1) is 17.5 Å². The Labute approximate surface area is 112 Å². The molecule has 0 radical (unpaired) electrons. The minimum Gasteiger partial charge on any atom is -0.320 e. The lowest BCUT2D eigenvalue weighted by molar-refractivity contribution is 0.449. The first-order valence-corrected chi connectivity index (χ1v) is 6.56. The summed E-state index contributed by atoms with van der Waals surface area (Å²) >= 11 is 1.19. The van der Waals surface area contributed by atoms with Gasteiger partial charge in [-0.1, -0.05) is 11.3 Å². The molecule has 0 amide bonds. The molecule has 0 spiro atoms. The summed E-state index contributed by atoms with van der Waals surface area (Å²) in [6.07, 6.45) is 1.59. The number of aromatic nitrogens is 2. The summed E-state index contributed by atoms with van der Waals surface area (Å²) in [4.78, 5) is 0. The van der Waals surface area contributed by atoms with Crippen LogP contribution >= 0.6 is 11.3 Å². The summed E-state index contributed by atoms with van der Waals surface area (Å²) in [5.74, 6) is -3.91. The van der Waals surface area contributed by atoms with Crippen LogP contribution in [-0.4, -0.2) is 23.8 Å². The minimum absolute atomic E-state index is 0.0590. The zero-order chi connectivity index (χ0) is 13.8. The summed E-state index contributed by atoms with van der Waals surface area (Å²) in [5.41, 5.74) is -0.0590. The molecule has 102 valence electrons. The highest BCUT2D eigenvalue weighted by Gasteiger charge is 2.17. The van der Waals surface area contributed by atoms with Crippen molar-refractivity contribution in [2.75, 3.05) is 13.6 Å². The second-order valence-corrected chi connectivity index (χ2v) is 4.99. The molecule has 1 N–H and O–H groups in total. The van der Waals surface area contributed by atoms with Gasteiger partial charge in [-0.15, -0.1) is 10.2 Å². The van der Waals surface area contributed by atoms with E-state index in [9.17, 15) is 13.2 Å². The highest BCUT2D eigenvalue weighted by atomic mass is 32.1. The lowest BCUT2D eigenvalue weighted by Gasteiger charge is -2.00. The van der Waals surface area contributed by atoms with Crippen molar-refractivity contribution < 1.29 is 13.2 Å². The zero-order valence-electron chi connectivity index (χ0n) is 10.2. The van der Waals surface area contributed by atoms with Crippen LogP contribution in [-0.2, 0) is 6.42 Å². The number of halogens is 3. The summed E-state index contributed by atoms with van der Waals surface area (Å²) in [5, 5.41) is 11.7. The fraction of sp³-hybridized carbons (Fsp3) is 0.333. The second kappa shape index (κ2) is 6.12. The van der Waals surface area contributed by atoms with Gasteiger partial charge in [-0.2, -0.15) is 0 Å². The maximum Gasteiger partial charge on any atom is 0.195 e. The number of hydrogen-bond donors (Lipinski definition) is 1. The van der Waals surface area contributed by atoms with Gasteiger partial charge in [0.05, 0.1) is 5.56 Å². The van der Waals surface area contributed by atoms with Gasteiger partial charge in [0, 0.05) is 6.42 Å². The molecule has 0 unspecified atom stereocenters. The summed E-state index contributed by atoms with van der Waals surface area (Å²) in [6, 6.07) is 2.06. The van der Waals surface area contributed by atoms with E-state index in [-0.39, 0.29) is 10.6 Å². The highest BCUT2D eigenvalue weighted by Crippen LogP contribution is 2.28. The first-order chi connectivity index (χ1) is 9.13. The van der Waals surface area contributed by atoms with Gasteiger partial charge in [0.25, 0.3) is 0 Å². The molecule has 7 heteroatoms. The summed E-state index contributed by atoms with van der Waals surface area (Å²) in [6.45, 7) is 0.842. The molecule has 1 aromatic heterocycles. The first-order valence-electron chi connectivity index (χ1n) is 5.74. The maximum atomic E-state index is 13.6. The Morgan fingerprint density at radius 3 is 2.68 bits per heavy atom. The number of rotatable bonds is 5. The predicted octanol–water partition coefficient (Wildman–Crippen LogP) is 2.77. The van der Waals surface area contributed by atoms with E-state index in [2.05, 4.69) is 15.5 Å². The fourth-order valence-electron chi connectivity index (χ4n) is 1.57. The van der Waals surface area contributed by atoms with Crippen molar-refractivity contribution in [2.24, 2.45) is 0 Å². The number of benzene rings is 1. The zero-order valence-corrected chi connectivity index (χ0v) is 11.0. The molecule has 1 heterocycles. The molecule has 0 aliphatic rings. The molecule has 1 aromatic carbocycles. The van der Waals surface area contributed by atoms with Crippen molar-refractivity contribution >= 4 is 11.3 Å². The summed E-state index contributed by atoms with van der Waals surface area (Å²) < 4.78 is 39.5. The van der Waals surface area contributed by atoms with Gasteiger partial charge in [-0.05, 0) is 32.1 Å². The molecule has 19 heavy (non-hydrogen) atoms. The molecule has 2 rings (SSSR count). The molecule has 3 nitrogen and oxygen atoms in total. The normalized spacial score (nSPS) is 10.9. The minimum atomic E-state index is -1.48. The molecule has 0 saturated carbocycles. The topological polar surface area (TPSA) is 37.8 Å². The van der Waals surface area contributed by atoms with Crippen molar-refractivity contribution in [1.29, 1.82) is 0 Å². The van der Waals surface area contributed by atoms with Gasteiger partial charge in [0.1, 0.15) is 5.01 Å². The number of nitrogens with one attached hydrogen (secondary N) is 1. The first kappa shape index (κ1) is 14.0. The van der Waals surface area contributed by atoms with Crippen molar-refractivity contribution in [1.82, 2.24) is 15.5 Å². The van der Waals surface area contributed by atoms with Crippen LogP contribution in [0.5, 0.6) is 0 Å². The van der Waals surface area contributed by atoms with Crippen molar-refractivity contribution in [2.45, 2.75) is 12.8 Å². The van der Waals surface area contributed by atoms with E-state index in [0.29, 0.717) is 6.42 Å². The molecule has 0 atom stereocenters. The van der Waals surface area contributed by atoms with Crippen LogP contribution in [0.2, 0.25) is 0 Å². The van der Waals surface area contributed by atoms with Crippen LogP contribution in [0.25, 0.3) is 10.6 Å². The van der Waals surface area contributed by atoms with E-state index >= 15 is 0 Å². The third-order valence-electron chi connectivity index (χ3n) is 2.55. The van der Waals surface area contributed by atoms with Crippen LogP contribution < -0.4 is 5.32 Å². The molecule has 0 bridgehead atoms. The van der Waals surface area contributed by atoms with E-state index in [0.717, 1.165) is 24.0 Å². The Morgan fingerprint density at radius 2 is 1.95 bits per heavy atom. The number of hydrogen-bond acceptors (Lipinski definition) is 4. The largest absolute Gasteiger partial charge is 0.320 e. The molecular formula is C12H12F3N3S. The van der Waals surface area contributed by atoms with Crippen molar-refractivity contribution in [3.05, 3.63) is 34.6 Å². The van der Waals surface area contributed by atoms with Gasteiger partial charge >= 0.3 is 0 Å². The van der Waals surface area contributed by atoms with E-state index in [1.165, 1.54) is 17.4 Å². The lowest BCUT2D eigenvalue weighted by atomic mass is 10.2. The average Bonchev–Trinajstić information content (AvgIpc) is 2.85. The van der Waals surface area contributed by atoms with Gasteiger partial charge in [-0.3, -0.25) is 0 Å². The highest BCUT2D eigenvalue weighted by molar-refractivity contribution is 7.14. The molecule has 2 aromatic rings. The van der Waals surface area contributed by atoms with Crippen molar-refractivity contribution in [3.8, 4) is 10.6 Å². The molecular weight excluding hydrogens is 275 g/mol. The second-order valence-electron chi connectivity index (χ2n) is 3.93. The third kappa shape index (κ3) is 3.10. The molecule has 0 aliphatic carbocycles. The van der Waals surface area contributed by atoms with Gasteiger partial charge in [0.2, 0.25) is 0 Å². The molecule has 0 aliphatic heterocycles. The van der Waals surface area contributed by atoms with E-state index in [1.54, 1.807) is 0 Å². The van der Waals surface area contributed by atoms with Crippen LogP contribution in [0.15, 0.2) is 12.1 Å². The number of nitrogens with zero attached hydrogens (tertiary/aromatic N) is 2. The van der Waals surface area contributed by atoms with E-state index in [4.69, 9.17) is 0 Å². The smallest absolute Gasteiger partial charge is 0.195 e. The van der Waals surface area contributed by atoms with Crippen molar-refractivity contribution in [3.63, 3.8) is 0 Å². The Hall–Kier alpha value is -1.47. The van der Waals surface area contributed by atoms with Crippen LogP contribution in [0.4, 0.5) is 13.2 Å². The van der Waals surface area contributed by atoms with Crippen LogP contribution in [0.3, 0.4) is 0 Å². The summed E-state index contributed by atoms with van der Waals surface area (Å²) in [7, 11) is 1.85. The third-order valence-corrected chi connectivity index (χ3v) is 3.57. The van der Waals surface area contributed by atoms with E-state index < -0.39 is 17.5 Å². The Bertz CT molecular complexity index is 571. The SMILES string of the molecule is CNCCCc1nnc(-c2ccc(F)c(F)c2F)s1. The van der Waals surface area contributed by atoms with Gasteiger partial charge in [0.15, 0.2) is 22.5 Å². The predicted molar refractivity (Wildman–Crippen MR) is 67.5 cm³/mol. The monoisotopic (exact) mass is 287 g/mol. The quantitative estimate of drug-likeness (QED) is 0.679. The number of aryl methyl sites for hydroxylation is 1. The van der Waals surface area contributed by atoms with Crippen LogP contribution in [0.1, 0.15) is 11.4 Å². The van der Waals surface area contributed by atoms with E-state index in [1.807, 2.05) is 7.05 Å². The Kier molecular flexibility index (Phi) is 4.49. The molecule has 0 saturated heterocycles.